The number of hydrogen-bond donors (Lipinski definition) is 2. The molecule has 2 rings (SSSR count). The van der Waals surface area contributed by atoms with Gasteiger partial charge in [-0.1, -0.05) is 6.42 Å². The number of hydrogen-bond acceptors (Lipinski definition) is 3. The van der Waals surface area contributed by atoms with Crippen LogP contribution in [0.15, 0.2) is 0 Å². The van der Waals surface area contributed by atoms with E-state index in [1.165, 1.54) is 19.3 Å². The van der Waals surface area contributed by atoms with Gasteiger partial charge in [-0.25, -0.2) is 0 Å². The molecule has 4 nitrogen and oxygen atoms in total. The Bertz CT molecular complexity index is 315. The fraction of sp³-hybridized carbons (Fsp3) is 0.933. The molecule has 3 N–H and O–H groups in total. The van der Waals surface area contributed by atoms with Crippen LogP contribution in [0, 0.1) is 5.92 Å². The fourth-order valence-electron chi connectivity index (χ4n) is 3.61. The van der Waals surface area contributed by atoms with Crippen LogP contribution >= 0.6 is 24.8 Å². The third kappa shape index (κ3) is 6.31. The third-order valence-corrected chi connectivity index (χ3v) is 4.91. The van der Waals surface area contributed by atoms with E-state index in [2.05, 4.69) is 24.3 Å². The van der Waals surface area contributed by atoms with E-state index in [1.54, 1.807) is 0 Å². The van der Waals surface area contributed by atoms with Crippen LogP contribution in [0.4, 0.5) is 0 Å². The molecule has 4 atom stereocenters. The number of nitrogens with one attached hydrogen (secondary N) is 1. The molecule has 2 unspecified atom stereocenters. The maximum absolute atomic E-state index is 12.1. The highest BCUT2D eigenvalue weighted by molar-refractivity contribution is 5.85. The Morgan fingerprint density at radius 1 is 1.14 bits per heavy atom. The van der Waals surface area contributed by atoms with E-state index in [0.717, 1.165) is 25.7 Å². The van der Waals surface area contributed by atoms with Crippen molar-refractivity contribution < 1.29 is 4.79 Å². The van der Waals surface area contributed by atoms with Gasteiger partial charge in [0.05, 0.1) is 0 Å². The summed E-state index contributed by atoms with van der Waals surface area (Å²) in [6.07, 6.45) is 8.73. The summed E-state index contributed by atoms with van der Waals surface area (Å²) in [5.74, 6) is 0.625. The predicted octanol–water partition coefficient (Wildman–Crippen LogP) is 2.34. The lowest BCUT2D eigenvalue weighted by Gasteiger charge is -2.34. The van der Waals surface area contributed by atoms with Crippen LogP contribution in [0.1, 0.15) is 51.4 Å². The second-order valence-electron chi connectivity index (χ2n) is 6.61. The molecule has 0 spiro atoms. The van der Waals surface area contributed by atoms with Crippen LogP contribution in [-0.2, 0) is 4.79 Å². The molecule has 0 aromatic rings. The molecule has 6 heteroatoms. The number of rotatable bonds is 4. The second-order valence-corrected chi connectivity index (χ2v) is 6.61. The summed E-state index contributed by atoms with van der Waals surface area (Å²) < 4.78 is 0. The minimum Gasteiger partial charge on any atom is -0.353 e. The van der Waals surface area contributed by atoms with E-state index in [9.17, 15) is 4.79 Å². The largest absolute Gasteiger partial charge is 0.353 e. The van der Waals surface area contributed by atoms with Gasteiger partial charge in [0.15, 0.2) is 0 Å². The van der Waals surface area contributed by atoms with Crippen molar-refractivity contribution in [3.05, 3.63) is 0 Å². The van der Waals surface area contributed by atoms with Crippen molar-refractivity contribution in [2.24, 2.45) is 11.7 Å². The van der Waals surface area contributed by atoms with Crippen LogP contribution in [0.3, 0.4) is 0 Å². The number of amides is 1. The van der Waals surface area contributed by atoms with Crippen LogP contribution in [0.5, 0.6) is 0 Å². The SMILES string of the molecule is CN(C)C1CCCC(NC(=O)C[C@@H]2CCC[C@H]2N)C1.Cl.Cl. The number of halogens is 2. The smallest absolute Gasteiger partial charge is 0.220 e. The van der Waals surface area contributed by atoms with Gasteiger partial charge in [-0.2, -0.15) is 0 Å². The van der Waals surface area contributed by atoms with Gasteiger partial charge in [0.25, 0.3) is 0 Å². The van der Waals surface area contributed by atoms with Crippen molar-refractivity contribution in [1.82, 2.24) is 10.2 Å². The summed E-state index contributed by atoms with van der Waals surface area (Å²) in [5, 5.41) is 3.23. The summed E-state index contributed by atoms with van der Waals surface area (Å²) in [4.78, 5) is 14.4. The van der Waals surface area contributed by atoms with E-state index in [-0.39, 0.29) is 36.8 Å². The van der Waals surface area contributed by atoms with Gasteiger partial charge in [-0.15, -0.1) is 24.8 Å². The highest BCUT2D eigenvalue weighted by Crippen LogP contribution is 2.27. The minimum atomic E-state index is 0. The third-order valence-electron chi connectivity index (χ3n) is 4.91. The Balaban J connectivity index is 0.00000200. The zero-order valence-electron chi connectivity index (χ0n) is 13.2. The molecular weight excluding hydrogens is 309 g/mol. The summed E-state index contributed by atoms with van der Waals surface area (Å²) in [6, 6.07) is 1.23. The predicted molar refractivity (Wildman–Crippen MR) is 92.3 cm³/mol. The van der Waals surface area contributed by atoms with Crippen LogP contribution in [-0.4, -0.2) is 43.0 Å². The lowest BCUT2D eigenvalue weighted by atomic mass is 9.90. The van der Waals surface area contributed by atoms with Gasteiger partial charge in [-0.3, -0.25) is 4.79 Å². The van der Waals surface area contributed by atoms with Crippen molar-refractivity contribution in [2.45, 2.75) is 69.5 Å². The molecular formula is C15H31Cl2N3O. The molecule has 0 saturated heterocycles. The van der Waals surface area contributed by atoms with Gasteiger partial charge in [0.1, 0.15) is 0 Å². The van der Waals surface area contributed by atoms with Crippen LogP contribution in [0.25, 0.3) is 0 Å². The van der Waals surface area contributed by atoms with Gasteiger partial charge in [0.2, 0.25) is 5.91 Å². The molecule has 2 saturated carbocycles. The summed E-state index contributed by atoms with van der Waals surface area (Å²) in [6.45, 7) is 0. The van der Waals surface area contributed by atoms with Crippen molar-refractivity contribution in [2.75, 3.05) is 14.1 Å². The molecule has 2 fully saturated rings. The van der Waals surface area contributed by atoms with Crippen molar-refractivity contribution in [1.29, 1.82) is 0 Å². The van der Waals surface area contributed by atoms with Gasteiger partial charge in [-0.05, 0) is 58.5 Å². The Labute approximate surface area is 141 Å². The first kappa shape index (κ1) is 21.0. The zero-order valence-corrected chi connectivity index (χ0v) is 14.8. The molecule has 126 valence electrons. The molecule has 0 aromatic carbocycles. The number of carbonyl (C=O) groups is 1. The zero-order chi connectivity index (χ0) is 13.8. The van der Waals surface area contributed by atoms with Crippen LogP contribution < -0.4 is 11.1 Å². The summed E-state index contributed by atoms with van der Waals surface area (Å²) in [5.41, 5.74) is 6.04. The molecule has 21 heavy (non-hydrogen) atoms. The Kier molecular flexibility index (Phi) is 9.87. The van der Waals surface area contributed by atoms with E-state index < -0.39 is 0 Å². The van der Waals surface area contributed by atoms with Crippen molar-refractivity contribution in [3.8, 4) is 0 Å². The highest BCUT2D eigenvalue weighted by Gasteiger charge is 2.28. The van der Waals surface area contributed by atoms with Crippen LogP contribution in [0.2, 0.25) is 0 Å². The Morgan fingerprint density at radius 3 is 2.38 bits per heavy atom. The molecule has 0 aromatic heterocycles. The quantitative estimate of drug-likeness (QED) is 0.826. The minimum absolute atomic E-state index is 0. The lowest BCUT2D eigenvalue weighted by molar-refractivity contribution is -0.123. The maximum atomic E-state index is 12.1. The van der Waals surface area contributed by atoms with Crippen molar-refractivity contribution in [3.63, 3.8) is 0 Å². The fourth-order valence-corrected chi connectivity index (χ4v) is 3.61. The van der Waals surface area contributed by atoms with Gasteiger partial charge < -0.3 is 16.0 Å². The van der Waals surface area contributed by atoms with Crippen molar-refractivity contribution >= 4 is 30.7 Å². The molecule has 0 heterocycles. The standard InChI is InChI=1S/C15H29N3O.2ClH/c1-18(2)13-7-4-6-12(10-13)17-15(19)9-11-5-3-8-14(11)16;;/h11-14H,3-10,16H2,1-2H3,(H,17,19);2*1H/t11-,12?,13?,14+;;/m0../s1. The van der Waals surface area contributed by atoms with Gasteiger partial charge >= 0.3 is 0 Å². The normalized spacial score (nSPS) is 32.2. The monoisotopic (exact) mass is 339 g/mol. The first-order valence-corrected chi connectivity index (χ1v) is 7.77. The molecule has 2 aliphatic carbocycles. The number of nitrogens with two attached hydrogens (primary N) is 1. The van der Waals surface area contributed by atoms with E-state index in [1.807, 2.05) is 0 Å². The topological polar surface area (TPSA) is 58.4 Å². The maximum Gasteiger partial charge on any atom is 0.220 e. The molecule has 1 amide bonds. The second kappa shape index (κ2) is 9.88. The lowest BCUT2D eigenvalue weighted by Crippen LogP contribution is -2.44. The summed E-state index contributed by atoms with van der Waals surface area (Å²) >= 11 is 0. The summed E-state index contributed by atoms with van der Waals surface area (Å²) in [7, 11) is 4.26. The molecule has 0 radical (unpaired) electrons. The number of nitrogens with zero attached hydrogens (tertiary/aromatic N) is 1. The molecule has 0 aliphatic heterocycles. The highest BCUT2D eigenvalue weighted by atomic mass is 35.5. The van der Waals surface area contributed by atoms with E-state index >= 15 is 0 Å². The Morgan fingerprint density at radius 2 is 1.81 bits per heavy atom. The molecule has 2 aliphatic rings. The average Bonchev–Trinajstić information content (AvgIpc) is 2.75. The van der Waals surface area contributed by atoms with Gasteiger partial charge in [0, 0.05) is 24.5 Å². The first-order chi connectivity index (χ1) is 9.06. The average molecular weight is 340 g/mol. The van der Waals surface area contributed by atoms with E-state index in [4.69, 9.17) is 5.73 Å². The Hall–Kier alpha value is -0.0300. The number of carbonyl (C=O) groups excluding carboxylic acids is 1. The van der Waals surface area contributed by atoms with E-state index in [0.29, 0.717) is 24.4 Å². The molecule has 0 bridgehead atoms. The first-order valence-electron chi connectivity index (χ1n) is 7.77.